The molecule has 3 rings (SSSR count). The van der Waals surface area contributed by atoms with Gasteiger partial charge in [0.1, 0.15) is 5.82 Å². The Labute approximate surface area is 172 Å². The van der Waals surface area contributed by atoms with Crippen LogP contribution in [0.4, 0.5) is 5.82 Å². The molecule has 1 saturated heterocycles. The van der Waals surface area contributed by atoms with Crippen LogP contribution in [-0.4, -0.2) is 43.6 Å². The molecule has 1 fully saturated rings. The molecule has 6 heteroatoms. The highest BCUT2D eigenvalue weighted by Gasteiger charge is 2.20. The maximum atomic E-state index is 11.7. The van der Waals surface area contributed by atoms with Gasteiger partial charge in [0, 0.05) is 32.8 Å². The minimum Gasteiger partial charge on any atom is -0.456 e. The largest absolute Gasteiger partial charge is 0.456 e. The van der Waals surface area contributed by atoms with Gasteiger partial charge in [0.25, 0.3) is 5.91 Å². The van der Waals surface area contributed by atoms with Crippen molar-refractivity contribution in [1.82, 2.24) is 10.3 Å². The molecule has 1 amide bonds. The van der Waals surface area contributed by atoms with E-state index in [2.05, 4.69) is 51.6 Å². The average molecular weight is 396 g/mol. The lowest BCUT2D eigenvalue weighted by Crippen LogP contribution is -2.34. The van der Waals surface area contributed by atoms with Gasteiger partial charge in [0.2, 0.25) is 0 Å². The third-order valence-electron chi connectivity index (χ3n) is 5.43. The van der Waals surface area contributed by atoms with Crippen LogP contribution >= 0.6 is 0 Å². The number of pyridine rings is 1. The van der Waals surface area contributed by atoms with Crippen molar-refractivity contribution < 1.29 is 14.3 Å². The van der Waals surface area contributed by atoms with E-state index in [1.165, 1.54) is 18.2 Å². The molecule has 6 nitrogen and oxygen atoms in total. The summed E-state index contributed by atoms with van der Waals surface area (Å²) in [5.74, 6) is 1.07. The number of hydrogen-bond donors (Lipinski definition) is 1. The molecule has 0 atom stereocenters. The third kappa shape index (κ3) is 6.31. The van der Waals surface area contributed by atoms with E-state index < -0.39 is 0 Å². The highest BCUT2D eigenvalue weighted by molar-refractivity contribution is 5.80. The topological polar surface area (TPSA) is 71.5 Å². The van der Waals surface area contributed by atoms with Gasteiger partial charge in [0.15, 0.2) is 6.61 Å². The van der Waals surface area contributed by atoms with Gasteiger partial charge in [-0.3, -0.25) is 9.59 Å². The van der Waals surface area contributed by atoms with Crippen LogP contribution in [0, 0.1) is 5.92 Å². The summed E-state index contributed by atoms with van der Waals surface area (Å²) < 4.78 is 4.94. The van der Waals surface area contributed by atoms with Crippen molar-refractivity contribution in [3.05, 3.63) is 48.7 Å². The van der Waals surface area contributed by atoms with Gasteiger partial charge >= 0.3 is 5.97 Å². The highest BCUT2D eigenvalue weighted by atomic mass is 16.5. The first-order valence-corrected chi connectivity index (χ1v) is 10.3. The van der Waals surface area contributed by atoms with Gasteiger partial charge < -0.3 is 15.0 Å². The molecular weight excluding hydrogens is 366 g/mol. The molecule has 0 spiro atoms. The zero-order valence-corrected chi connectivity index (χ0v) is 17.0. The van der Waals surface area contributed by atoms with E-state index in [9.17, 15) is 9.59 Å². The number of rotatable bonds is 8. The van der Waals surface area contributed by atoms with Crippen molar-refractivity contribution in [2.24, 2.45) is 5.92 Å². The molecule has 0 unspecified atom stereocenters. The second-order valence-electron chi connectivity index (χ2n) is 7.43. The van der Waals surface area contributed by atoms with E-state index in [0.717, 1.165) is 44.6 Å². The van der Waals surface area contributed by atoms with Crippen LogP contribution in [0.15, 0.2) is 48.7 Å². The maximum absolute atomic E-state index is 11.7. The lowest BCUT2D eigenvalue weighted by Gasteiger charge is -2.33. The number of benzene rings is 1. The average Bonchev–Trinajstić information content (AvgIpc) is 2.78. The van der Waals surface area contributed by atoms with Gasteiger partial charge in [-0.1, -0.05) is 30.3 Å². The molecule has 2 heterocycles. The maximum Gasteiger partial charge on any atom is 0.306 e. The fraction of sp³-hybridized carbons (Fsp3) is 0.435. The molecule has 154 valence electrons. The molecule has 2 aromatic rings. The normalized spacial score (nSPS) is 14.4. The molecule has 29 heavy (non-hydrogen) atoms. The number of anilines is 1. The monoisotopic (exact) mass is 395 g/mol. The smallest absolute Gasteiger partial charge is 0.306 e. The summed E-state index contributed by atoms with van der Waals surface area (Å²) in [6.45, 7) is 1.77. The second kappa shape index (κ2) is 10.6. The SMILES string of the molecule is CNC(=O)COC(=O)CCCC1CCN(c2cc(-c3ccccc3)ccn2)CC1. The standard InChI is InChI=1S/C23H29N3O3/c1-24-22(27)17-29-23(28)9-5-6-18-11-14-26(15-12-18)21-16-20(10-13-25-21)19-7-3-2-4-8-19/h2-4,7-8,10,13,16,18H,5-6,9,11-12,14-15,17H2,1H3,(H,24,27). The van der Waals surface area contributed by atoms with Crippen LogP contribution < -0.4 is 10.2 Å². The number of carbonyl (C=O) groups is 2. The number of carbonyl (C=O) groups excluding carboxylic acids is 2. The van der Waals surface area contributed by atoms with Crippen LogP contribution in [0.2, 0.25) is 0 Å². The summed E-state index contributed by atoms with van der Waals surface area (Å²) in [5, 5.41) is 2.43. The number of likely N-dealkylation sites (N-methyl/N-ethyl adjacent to an activating group) is 1. The summed E-state index contributed by atoms with van der Waals surface area (Å²) in [6.07, 6.45) is 6.28. The lowest BCUT2D eigenvalue weighted by molar-refractivity contribution is -0.148. The molecule has 1 aromatic heterocycles. The van der Waals surface area contributed by atoms with Crippen molar-refractivity contribution >= 4 is 17.7 Å². The van der Waals surface area contributed by atoms with Crippen LogP contribution in [-0.2, 0) is 14.3 Å². The highest BCUT2D eigenvalue weighted by Crippen LogP contribution is 2.28. The zero-order chi connectivity index (χ0) is 20.5. The first kappa shape index (κ1) is 20.8. The van der Waals surface area contributed by atoms with Crippen LogP contribution in [0.25, 0.3) is 11.1 Å². The molecule has 0 bridgehead atoms. The van der Waals surface area contributed by atoms with E-state index in [1.54, 1.807) is 0 Å². The Balaban J connectivity index is 1.42. The fourth-order valence-electron chi connectivity index (χ4n) is 3.68. The summed E-state index contributed by atoms with van der Waals surface area (Å²) in [5.41, 5.74) is 2.39. The summed E-state index contributed by atoms with van der Waals surface area (Å²) >= 11 is 0. The van der Waals surface area contributed by atoms with Gasteiger partial charge in [0.05, 0.1) is 0 Å². The minimum absolute atomic E-state index is 0.192. The quantitative estimate of drug-likeness (QED) is 0.694. The molecule has 0 saturated carbocycles. The van der Waals surface area contributed by atoms with Crippen LogP contribution in [0.3, 0.4) is 0 Å². The third-order valence-corrected chi connectivity index (χ3v) is 5.43. The Morgan fingerprint density at radius 2 is 1.90 bits per heavy atom. The Morgan fingerprint density at radius 1 is 1.14 bits per heavy atom. The Hall–Kier alpha value is -2.89. The number of amides is 1. The zero-order valence-electron chi connectivity index (χ0n) is 17.0. The number of nitrogens with one attached hydrogen (secondary N) is 1. The second-order valence-corrected chi connectivity index (χ2v) is 7.43. The summed E-state index contributed by atoms with van der Waals surface area (Å²) in [6, 6.07) is 14.6. The molecule has 1 aromatic carbocycles. The Bertz CT molecular complexity index is 802. The number of nitrogens with zero attached hydrogens (tertiary/aromatic N) is 2. The number of esters is 1. The van der Waals surface area contributed by atoms with E-state index in [-0.39, 0.29) is 18.5 Å². The number of hydrogen-bond acceptors (Lipinski definition) is 5. The lowest BCUT2D eigenvalue weighted by atomic mass is 9.91. The Kier molecular flexibility index (Phi) is 7.61. The van der Waals surface area contributed by atoms with E-state index >= 15 is 0 Å². The summed E-state index contributed by atoms with van der Waals surface area (Å²) in [4.78, 5) is 29.7. The van der Waals surface area contributed by atoms with Crippen LogP contribution in [0.1, 0.15) is 32.1 Å². The first-order valence-electron chi connectivity index (χ1n) is 10.3. The van der Waals surface area contributed by atoms with Gasteiger partial charge in [-0.15, -0.1) is 0 Å². The predicted molar refractivity (Wildman–Crippen MR) is 113 cm³/mol. The molecule has 1 N–H and O–H groups in total. The Morgan fingerprint density at radius 3 is 2.62 bits per heavy atom. The summed E-state index contributed by atoms with van der Waals surface area (Å²) in [7, 11) is 1.52. The minimum atomic E-state index is -0.298. The van der Waals surface area contributed by atoms with Gasteiger partial charge in [-0.05, 0) is 54.9 Å². The molecule has 0 radical (unpaired) electrons. The molecular formula is C23H29N3O3. The number of ether oxygens (including phenoxy) is 1. The van der Waals surface area contributed by atoms with Crippen molar-refractivity contribution in [3.63, 3.8) is 0 Å². The van der Waals surface area contributed by atoms with E-state index in [0.29, 0.717) is 12.3 Å². The van der Waals surface area contributed by atoms with Crippen molar-refractivity contribution in [1.29, 1.82) is 0 Å². The van der Waals surface area contributed by atoms with E-state index in [1.807, 2.05) is 12.3 Å². The van der Waals surface area contributed by atoms with Gasteiger partial charge in [-0.2, -0.15) is 0 Å². The number of piperidine rings is 1. The van der Waals surface area contributed by atoms with Crippen LogP contribution in [0.5, 0.6) is 0 Å². The molecule has 1 aliphatic rings. The first-order chi connectivity index (χ1) is 14.2. The van der Waals surface area contributed by atoms with Crippen molar-refractivity contribution in [2.75, 3.05) is 31.6 Å². The predicted octanol–water partition coefficient (Wildman–Crippen LogP) is 3.42. The van der Waals surface area contributed by atoms with Crippen molar-refractivity contribution in [3.8, 4) is 11.1 Å². The number of aromatic nitrogens is 1. The molecule has 0 aliphatic carbocycles. The fourth-order valence-corrected chi connectivity index (χ4v) is 3.68. The van der Waals surface area contributed by atoms with E-state index in [4.69, 9.17) is 4.74 Å². The van der Waals surface area contributed by atoms with Gasteiger partial charge in [-0.25, -0.2) is 4.98 Å². The molecule has 1 aliphatic heterocycles. The van der Waals surface area contributed by atoms with Crippen molar-refractivity contribution in [2.45, 2.75) is 32.1 Å².